The lowest BCUT2D eigenvalue weighted by Gasteiger charge is -2.37. The Hall–Kier alpha value is -2.40. The molecule has 0 unspecified atom stereocenters. The first-order valence-corrected chi connectivity index (χ1v) is 8.58. The van der Waals surface area contributed by atoms with Crippen molar-refractivity contribution in [3.8, 4) is 0 Å². The predicted octanol–water partition coefficient (Wildman–Crippen LogP) is 4.30. The summed E-state index contributed by atoms with van der Waals surface area (Å²) in [4.78, 5) is 12.2. The van der Waals surface area contributed by atoms with Gasteiger partial charge >= 0.3 is 0 Å². The molecule has 1 aromatic heterocycles. The van der Waals surface area contributed by atoms with Crippen LogP contribution in [0.25, 0.3) is 10.8 Å². The Morgan fingerprint density at radius 1 is 1.24 bits per heavy atom. The monoisotopic (exact) mass is 357 g/mol. The third-order valence-electron chi connectivity index (χ3n) is 4.82. The predicted molar refractivity (Wildman–Crippen MR) is 97.9 cm³/mol. The summed E-state index contributed by atoms with van der Waals surface area (Å²) in [6.07, 6.45) is 0. The highest BCUT2D eigenvalue weighted by atomic mass is 35.5. The molecule has 4 nitrogen and oxygen atoms in total. The summed E-state index contributed by atoms with van der Waals surface area (Å²) in [7, 11) is 0. The molecule has 128 valence electrons. The standard InChI is InChI=1S/C19H17ClFN3O/c1-9(2)17-16(11-5-3-4-6-13(11)20)18-15-12(19(25)24-23-18)7-10(21)8-14(15)22-17/h3-9,16-17,22H,1-2H3,(H,24,25)/t16-,17+/m0/s1. The number of nitrogens with zero attached hydrogens (tertiary/aromatic N) is 1. The van der Waals surface area contributed by atoms with E-state index in [-0.39, 0.29) is 17.9 Å². The van der Waals surface area contributed by atoms with Crippen LogP contribution in [0.5, 0.6) is 0 Å². The molecule has 6 heteroatoms. The average molecular weight is 358 g/mol. The summed E-state index contributed by atoms with van der Waals surface area (Å²) in [5.41, 5.74) is 1.86. The number of hydrogen-bond donors (Lipinski definition) is 2. The Kier molecular flexibility index (Phi) is 3.76. The van der Waals surface area contributed by atoms with Crippen LogP contribution in [0.3, 0.4) is 0 Å². The molecule has 0 radical (unpaired) electrons. The molecule has 1 aliphatic rings. The second kappa shape index (κ2) is 5.85. The van der Waals surface area contributed by atoms with Crippen molar-refractivity contribution in [2.45, 2.75) is 25.8 Å². The van der Waals surface area contributed by atoms with Gasteiger partial charge in [-0.15, -0.1) is 0 Å². The fraction of sp³-hybridized carbons (Fsp3) is 0.263. The number of anilines is 1. The second-order valence-electron chi connectivity index (χ2n) is 6.73. The van der Waals surface area contributed by atoms with Gasteiger partial charge in [-0.2, -0.15) is 5.10 Å². The molecule has 0 amide bonds. The first-order valence-electron chi connectivity index (χ1n) is 8.20. The van der Waals surface area contributed by atoms with Crippen LogP contribution in [0.15, 0.2) is 41.2 Å². The highest BCUT2D eigenvalue weighted by Gasteiger charge is 2.36. The van der Waals surface area contributed by atoms with Crippen LogP contribution in [0.4, 0.5) is 10.1 Å². The van der Waals surface area contributed by atoms with Crippen molar-refractivity contribution in [1.29, 1.82) is 0 Å². The van der Waals surface area contributed by atoms with E-state index < -0.39 is 11.4 Å². The zero-order valence-corrected chi connectivity index (χ0v) is 14.6. The van der Waals surface area contributed by atoms with E-state index in [1.54, 1.807) is 0 Å². The molecule has 0 aliphatic carbocycles. The van der Waals surface area contributed by atoms with Crippen LogP contribution in [0.2, 0.25) is 5.02 Å². The quantitative estimate of drug-likeness (QED) is 0.719. The molecule has 2 aromatic carbocycles. The van der Waals surface area contributed by atoms with E-state index in [1.165, 1.54) is 12.1 Å². The summed E-state index contributed by atoms with van der Waals surface area (Å²) in [5.74, 6) is -0.358. The summed E-state index contributed by atoms with van der Waals surface area (Å²) < 4.78 is 14.0. The van der Waals surface area contributed by atoms with Crippen molar-refractivity contribution >= 4 is 28.1 Å². The van der Waals surface area contributed by atoms with Gasteiger partial charge in [0, 0.05) is 22.1 Å². The molecular formula is C19H17ClFN3O. The van der Waals surface area contributed by atoms with Gasteiger partial charge in [-0.25, -0.2) is 9.49 Å². The maximum absolute atomic E-state index is 14.0. The van der Waals surface area contributed by atoms with Crippen LogP contribution in [0, 0.1) is 11.7 Å². The van der Waals surface area contributed by atoms with Crippen molar-refractivity contribution in [2.24, 2.45) is 5.92 Å². The summed E-state index contributed by atoms with van der Waals surface area (Å²) in [6, 6.07) is 10.3. The van der Waals surface area contributed by atoms with Crippen LogP contribution in [0.1, 0.15) is 31.0 Å². The largest absolute Gasteiger partial charge is 0.380 e. The van der Waals surface area contributed by atoms with Crippen molar-refractivity contribution in [2.75, 3.05) is 5.32 Å². The second-order valence-corrected chi connectivity index (χ2v) is 7.13. The SMILES string of the molecule is CC(C)[C@H]1Nc2cc(F)cc3c(=O)[nH]nc(c23)[C@H]1c1ccccc1Cl. The number of H-pyrrole nitrogens is 1. The normalized spacial score (nSPS) is 19.2. The molecule has 25 heavy (non-hydrogen) atoms. The van der Waals surface area contributed by atoms with E-state index in [4.69, 9.17) is 11.6 Å². The summed E-state index contributed by atoms with van der Waals surface area (Å²) >= 11 is 6.46. The van der Waals surface area contributed by atoms with Crippen molar-refractivity contribution < 1.29 is 4.39 Å². The first-order chi connectivity index (χ1) is 12.0. The number of aromatic nitrogens is 2. The molecule has 0 spiro atoms. The highest BCUT2D eigenvalue weighted by molar-refractivity contribution is 6.31. The van der Waals surface area contributed by atoms with Gasteiger partial charge in [0.25, 0.3) is 5.56 Å². The Bertz CT molecular complexity index is 1030. The number of aromatic amines is 1. The smallest absolute Gasteiger partial charge is 0.272 e. The lowest BCUT2D eigenvalue weighted by Crippen LogP contribution is -2.38. The summed E-state index contributed by atoms with van der Waals surface area (Å²) in [5, 5.41) is 11.9. The van der Waals surface area contributed by atoms with E-state index in [0.29, 0.717) is 21.5 Å². The molecule has 0 fully saturated rings. The van der Waals surface area contributed by atoms with E-state index in [9.17, 15) is 9.18 Å². The first kappa shape index (κ1) is 16.1. The van der Waals surface area contributed by atoms with E-state index in [0.717, 1.165) is 11.3 Å². The molecule has 0 saturated heterocycles. The molecule has 0 saturated carbocycles. The molecule has 2 atom stereocenters. The van der Waals surface area contributed by atoms with E-state index in [1.807, 2.05) is 24.3 Å². The van der Waals surface area contributed by atoms with E-state index in [2.05, 4.69) is 29.4 Å². The average Bonchev–Trinajstić information content (AvgIpc) is 2.57. The highest BCUT2D eigenvalue weighted by Crippen LogP contribution is 2.43. The van der Waals surface area contributed by atoms with Gasteiger partial charge in [-0.1, -0.05) is 43.6 Å². The Balaban J connectivity index is 2.07. The third-order valence-corrected chi connectivity index (χ3v) is 5.16. The molecule has 1 aliphatic heterocycles. The zero-order chi connectivity index (χ0) is 17.7. The van der Waals surface area contributed by atoms with Crippen molar-refractivity contribution in [1.82, 2.24) is 10.2 Å². The van der Waals surface area contributed by atoms with Crippen molar-refractivity contribution in [3.63, 3.8) is 0 Å². The molecule has 2 N–H and O–H groups in total. The van der Waals surface area contributed by atoms with Crippen LogP contribution in [-0.4, -0.2) is 16.2 Å². The Morgan fingerprint density at radius 2 is 2.00 bits per heavy atom. The number of rotatable bonds is 2. The minimum atomic E-state index is -0.448. The maximum Gasteiger partial charge on any atom is 0.272 e. The van der Waals surface area contributed by atoms with Crippen LogP contribution >= 0.6 is 11.6 Å². The van der Waals surface area contributed by atoms with Crippen LogP contribution in [-0.2, 0) is 0 Å². The van der Waals surface area contributed by atoms with Gasteiger partial charge in [0.15, 0.2) is 0 Å². The fourth-order valence-corrected chi connectivity index (χ4v) is 3.93. The van der Waals surface area contributed by atoms with Gasteiger partial charge < -0.3 is 5.32 Å². The minimum Gasteiger partial charge on any atom is -0.380 e. The summed E-state index contributed by atoms with van der Waals surface area (Å²) in [6.45, 7) is 4.18. The zero-order valence-electron chi connectivity index (χ0n) is 13.8. The third kappa shape index (κ3) is 2.50. The van der Waals surface area contributed by atoms with E-state index >= 15 is 0 Å². The number of hydrogen-bond acceptors (Lipinski definition) is 3. The Morgan fingerprint density at radius 3 is 2.72 bits per heavy atom. The molecule has 4 rings (SSSR count). The van der Waals surface area contributed by atoms with Crippen LogP contribution < -0.4 is 10.9 Å². The Labute approximate surface area is 149 Å². The van der Waals surface area contributed by atoms with Crippen molar-refractivity contribution in [3.05, 3.63) is 68.8 Å². The van der Waals surface area contributed by atoms with Gasteiger partial charge in [0.2, 0.25) is 0 Å². The number of nitrogens with one attached hydrogen (secondary N) is 2. The topological polar surface area (TPSA) is 57.8 Å². The van der Waals surface area contributed by atoms with Gasteiger partial charge in [0.1, 0.15) is 5.82 Å². The molecule has 3 aromatic rings. The molecule has 2 heterocycles. The number of benzene rings is 2. The lowest BCUT2D eigenvalue weighted by molar-refractivity contribution is 0.468. The maximum atomic E-state index is 14.0. The number of halogens is 2. The lowest BCUT2D eigenvalue weighted by atomic mass is 9.78. The molecule has 0 bridgehead atoms. The van der Waals surface area contributed by atoms with Gasteiger partial charge in [-0.05, 0) is 29.7 Å². The van der Waals surface area contributed by atoms with Gasteiger partial charge in [-0.3, -0.25) is 4.79 Å². The fourth-order valence-electron chi connectivity index (χ4n) is 3.68. The minimum absolute atomic E-state index is 0.0317. The molecular weight excluding hydrogens is 341 g/mol. The van der Waals surface area contributed by atoms with Gasteiger partial charge in [0.05, 0.1) is 17.0 Å².